The van der Waals surface area contributed by atoms with Crippen LogP contribution < -0.4 is 10.6 Å². The Morgan fingerprint density at radius 2 is 1.96 bits per heavy atom. The van der Waals surface area contributed by atoms with E-state index >= 15 is 0 Å². The van der Waals surface area contributed by atoms with Crippen LogP contribution in [0.2, 0.25) is 0 Å². The Morgan fingerprint density at radius 3 is 2.68 bits per heavy atom. The van der Waals surface area contributed by atoms with E-state index in [4.69, 9.17) is 0 Å². The van der Waals surface area contributed by atoms with Crippen LogP contribution >= 0.6 is 35.3 Å². The molecule has 0 spiro atoms. The van der Waals surface area contributed by atoms with Crippen LogP contribution in [0.5, 0.6) is 0 Å². The molecule has 2 aromatic heterocycles. The van der Waals surface area contributed by atoms with Gasteiger partial charge in [0.25, 0.3) is 0 Å². The van der Waals surface area contributed by atoms with Gasteiger partial charge in [0.1, 0.15) is 5.82 Å². The zero-order chi connectivity index (χ0) is 19.1. The van der Waals surface area contributed by atoms with Gasteiger partial charge in [0.15, 0.2) is 5.96 Å². The van der Waals surface area contributed by atoms with E-state index in [0.717, 1.165) is 67.4 Å². The quantitative estimate of drug-likeness (QED) is 0.185. The summed E-state index contributed by atoms with van der Waals surface area (Å²) in [7, 11) is 0. The molecule has 152 valence electrons. The van der Waals surface area contributed by atoms with E-state index in [-0.39, 0.29) is 24.0 Å². The van der Waals surface area contributed by atoms with Gasteiger partial charge in [-0.25, -0.2) is 9.97 Å². The lowest BCUT2D eigenvalue weighted by molar-refractivity contribution is 0.762. The van der Waals surface area contributed by atoms with Crippen molar-refractivity contribution in [3.8, 4) is 0 Å². The summed E-state index contributed by atoms with van der Waals surface area (Å²) in [5.41, 5.74) is 3.26. The third-order valence-corrected chi connectivity index (χ3v) is 5.46. The van der Waals surface area contributed by atoms with Gasteiger partial charge in [-0.2, -0.15) is 0 Å². The number of aromatic amines is 1. The Hall–Kier alpha value is -1.68. The molecule has 0 fully saturated rings. The van der Waals surface area contributed by atoms with Crippen molar-refractivity contribution >= 4 is 52.3 Å². The molecule has 0 saturated carbocycles. The number of rotatable bonds is 8. The molecular weight excluding hydrogens is 483 g/mol. The maximum atomic E-state index is 4.67. The lowest BCUT2D eigenvalue weighted by Gasteiger charge is -2.10. The molecule has 3 rings (SSSR count). The largest absolute Gasteiger partial charge is 0.357 e. The Balaban J connectivity index is 0.00000280. The molecule has 6 nitrogen and oxygen atoms in total. The topological polar surface area (TPSA) is 78.0 Å². The summed E-state index contributed by atoms with van der Waals surface area (Å²) in [5.74, 6) is 1.89. The van der Waals surface area contributed by atoms with E-state index in [1.54, 1.807) is 11.3 Å². The van der Waals surface area contributed by atoms with Crippen molar-refractivity contribution in [2.24, 2.45) is 4.99 Å². The average molecular weight is 512 g/mol. The average Bonchev–Trinajstić information content (AvgIpc) is 3.21. The van der Waals surface area contributed by atoms with Crippen LogP contribution in [0.25, 0.3) is 11.0 Å². The standard InChI is InChI=1S/C20H28N6S.HI/c1-4-21-20(23-13-11-19-24-14(2)15(3)27-19)22-12-7-10-18-25-16-8-5-6-9-17(16)26-18;/h5-6,8-9H,4,7,10-13H2,1-3H3,(H,25,26)(H2,21,22,23);1H. The number of imidazole rings is 1. The minimum atomic E-state index is 0. The van der Waals surface area contributed by atoms with Gasteiger partial charge in [0.2, 0.25) is 0 Å². The molecule has 0 saturated heterocycles. The number of hydrogen-bond donors (Lipinski definition) is 3. The summed E-state index contributed by atoms with van der Waals surface area (Å²) < 4.78 is 0. The number of H-pyrrole nitrogens is 1. The molecule has 0 unspecified atom stereocenters. The van der Waals surface area contributed by atoms with Crippen LogP contribution in [0.15, 0.2) is 29.3 Å². The minimum Gasteiger partial charge on any atom is -0.357 e. The summed E-state index contributed by atoms with van der Waals surface area (Å²) in [6.45, 7) is 8.72. The van der Waals surface area contributed by atoms with Gasteiger partial charge < -0.3 is 15.6 Å². The first-order valence-corrected chi connectivity index (χ1v) is 10.4. The summed E-state index contributed by atoms with van der Waals surface area (Å²) in [6.07, 6.45) is 2.78. The third kappa shape index (κ3) is 6.44. The minimum absolute atomic E-state index is 0. The normalized spacial score (nSPS) is 11.5. The number of nitrogens with one attached hydrogen (secondary N) is 3. The number of para-hydroxylation sites is 2. The van der Waals surface area contributed by atoms with E-state index < -0.39 is 0 Å². The summed E-state index contributed by atoms with van der Waals surface area (Å²) in [6, 6.07) is 8.13. The molecule has 0 aliphatic rings. The van der Waals surface area contributed by atoms with Crippen molar-refractivity contribution in [2.45, 2.75) is 40.0 Å². The van der Waals surface area contributed by atoms with Crippen molar-refractivity contribution < 1.29 is 0 Å². The summed E-state index contributed by atoms with van der Waals surface area (Å²) >= 11 is 1.78. The smallest absolute Gasteiger partial charge is 0.191 e. The second-order valence-corrected chi connectivity index (χ2v) is 7.78. The van der Waals surface area contributed by atoms with Gasteiger partial charge in [0.05, 0.1) is 21.7 Å². The SMILES string of the molecule is CCNC(=NCCCc1nc2ccccc2[nH]1)NCCc1nc(C)c(C)s1.I. The van der Waals surface area contributed by atoms with Gasteiger partial charge in [-0.1, -0.05) is 12.1 Å². The summed E-state index contributed by atoms with van der Waals surface area (Å²) in [4.78, 5) is 18.6. The zero-order valence-electron chi connectivity index (χ0n) is 16.7. The van der Waals surface area contributed by atoms with Crippen LogP contribution in [-0.4, -0.2) is 40.5 Å². The first-order chi connectivity index (χ1) is 13.2. The number of aromatic nitrogens is 3. The van der Waals surface area contributed by atoms with E-state index in [2.05, 4.69) is 57.4 Å². The lowest BCUT2D eigenvalue weighted by Crippen LogP contribution is -2.38. The lowest BCUT2D eigenvalue weighted by atomic mass is 10.3. The van der Waals surface area contributed by atoms with Crippen LogP contribution in [0, 0.1) is 13.8 Å². The Morgan fingerprint density at radius 1 is 1.14 bits per heavy atom. The highest BCUT2D eigenvalue weighted by Crippen LogP contribution is 2.16. The van der Waals surface area contributed by atoms with Crippen molar-refractivity contribution in [1.29, 1.82) is 0 Å². The number of nitrogens with zero attached hydrogens (tertiary/aromatic N) is 3. The predicted molar refractivity (Wildman–Crippen MR) is 129 cm³/mol. The fraction of sp³-hybridized carbons (Fsp3) is 0.450. The number of halogens is 1. The molecule has 3 N–H and O–H groups in total. The van der Waals surface area contributed by atoms with Crippen LogP contribution in [-0.2, 0) is 12.8 Å². The molecule has 0 radical (unpaired) electrons. The highest BCUT2D eigenvalue weighted by atomic mass is 127. The van der Waals surface area contributed by atoms with Gasteiger partial charge in [-0.05, 0) is 39.3 Å². The predicted octanol–water partition coefficient (Wildman–Crippen LogP) is 3.98. The van der Waals surface area contributed by atoms with E-state index in [9.17, 15) is 0 Å². The number of hydrogen-bond acceptors (Lipinski definition) is 4. The molecule has 1 aromatic carbocycles. The van der Waals surface area contributed by atoms with Crippen LogP contribution in [0.4, 0.5) is 0 Å². The third-order valence-electron chi connectivity index (χ3n) is 4.33. The Labute approximate surface area is 187 Å². The summed E-state index contributed by atoms with van der Waals surface area (Å²) in [5, 5.41) is 7.88. The Bertz CT molecular complexity index is 849. The number of benzene rings is 1. The molecular formula is C20H29IN6S. The highest BCUT2D eigenvalue weighted by Gasteiger charge is 2.05. The fourth-order valence-electron chi connectivity index (χ4n) is 2.84. The van der Waals surface area contributed by atoms with Crippen molar-refractivity contribution in [1.82, 2.24) is 25.6 Å². The molecule has 0 amide bonds. The maximum absolute atomic E-state index is 4.67. The first kappa shape index (κ1) is 22.6. The number of fused-ring (bicyclic) bond motifs is 1. The zero-order valence-corrected chi connectivity index (χ0v) is 19.9. The van der Waals surface area contributed by atoms with E-state index in [1.807, 2.05) is 18.2 Å². The molecule has 8 heteroatoms. The van der Waals surface area contributed by atoms with Gasteiger partial charge in [-0.3, -0.25) is 4.99 Å². The van der Waals surface area contributed by atoms with E-state index in [1.165, 1.54) is 9.88 Å². The second kappa shape index (κ2) is 11.4. The monoisotopic (exact) mass is 512 g/mol. The number of aliphatic imine (C=N–C) groups is 1. The molecule has 0 aliphatic carbocycles. The van der Waals surface area contributed by atoms with Crippen molar-refractivity contribution in [3.05, 3.63) is 45.7 Å². The molecule has 0 atom stereocenters. The molecule has 3 aromatic rings. The maximum Gasteiger partial charge on any atom is 0.191 e. The first-order valence-electron chi connectivity index (χ1n) is 9.54. The molecule has 28 heavy (non-hydrogen) atoms. The Kier molecular flexibility index (Phi) is 9.17. The van der Waals surface area contributed by atoms with E-state index in [0.29, 0.717) is 0 Å². The fourth-order valence-corrected chi connectivity index (χ4v) is 3.77. The molecule has 0 aliphatic heterocycles. The van der Waals surface area contributed by atoms with Gasteiger partial charge in [0, 0.05) is 37.4 Å². The highest BCUT2D eigenvalue weighted by molar-refractivity contribution is 14.0. The molecule has 0 bridgehead atoms. The van der Waals surface area contributed by atoms with Gasteiger partial charge >= 0.3 is 0 Å². The number of aryl methyl sites for hydroxylation is 3. The van der Waals surface area contributed by atoms with Crippen LogP contribution in [0.1, 0.15) is 34.7 Å². The van der Waals surface area contributed by atoms with Crippen molar-refractivity contribution in [3.63, 3.8) is 0 Å². The van der Waals surface area contributed by atoms with Gasteiger partial charge in [-0.15, -0.1) is 35.3 Å². The number of thiazole rings is 1. The van der Waals surface area contributed by atoms with Crippen molar-refractivity contribution in [2.75, 3.05) is 19.6 Å². The van der Waals surface area contributed by atoms with Crippen LogP contribution in [0.3, 0.4) is 0 Å². The second-order valence-electron chi connectivity index (χ2n) is 6.49. The molecule has 2 heterocycles. The number of guanidine groups is 1.